The number of nitrogens with one attached hydrogen (secondary N) is 1. The molecule has 140 valence electrons. The molecule has 1 fully saturated rings. The van der Waals surface area contributed by atoms with E-state index in [4.69, 9.17) is 0 Å². The van der Waals surface area contributed by atoms with E-state index in [0.29, 0.717) is 31.9 Å². The van der Waals surface area contributed by atoms with Gasteiger partial charge in [0.25, 0.3) is 0 Å². The van der Waals surface area contributed by atoms with Crippen LogP contribution in [0.15, 0.2) is 29.2 Å². The van der Waals surface area contributed by atoms with Gasteiger partial charge in [-0.2, -0.15) is 4.31 Å². The number of hydrogen-bond donors (Lipinski definition) is 1. The first-order chi connectivity index (χ1) is 11.6. The highest BCUT2D eigenvalue weighted by molar-refractivity contribution is 7.91. The molecule has 1 aliphatic rings. The van der Waals surface area contributed by atoms with Crippen molar-refractivity contribution in [1.82, 2.24) is 9.21 Å². The van der Waals surface area contributed by atoms with Crippen LogP contribution in [0.2, 0.25) is 0 Å². The van der Waals surface area contributed by atoms with Crippen molar-refractivity contribution in [2.45, 2.75) is 11.8 Å². The van der Waals surface area contributed by atoms with E-state index < -0.39 is 19.9 Å². The lowest BCUT2D eigenvalue weighted by atomic mass is 10.3. The number of sulfonamides is 1. The molecule has 10 heteroatoms. The van der Waals surface area contributed by atoms with E-state index in [9.17, 15) is 21.6 Å². The van der Waals surface area contributed by atoms with E-state index in [-0.39, 0.29) is 23.1 Å². The number of carbonyl (C=O) groups is 1. The lowest BCUT2D eigenvalue weighted by Gasteiger charge is -2.33. The number of amides is 1. The van der Waals surface area contributed by atoms with Gasteiger partial charge in [-0.25, -0.2) is 16.8 Å². The van der Waals surface area contributed by atoms with Crippen molar-refractivity contribution in [1.29, 1.82) is 0 Å². The molecule has 0 aromatic heterocycles. The minimum atomic E-state index is -3.24. The van der Waals surface area contributed by atoms with Crippen LogP contribution in [0, 0.1) is 0 Å². The monoisotopic (exact) mass is 389 g/mol. The zero-order valence-electron chi connectivity index (χ0n) is 14.3. The number of nitrogens with zero attached hydrogens (tertiary/aromatic N) is 2. The molecule has 1 amide bonds. The van der Waals surface area contributed by atoms with E-state index in [2.05, 4.69) is 5.32 Å². The summed E-state index contributed by atoms with van der Waals surface area (Å²) in [7, 11) is -6.46. The Hall–Kier alpha value is -1.65. The summed E-state index contributed by atoms with van der Waals surface area (Å²) in [6, 6.07) is 6.27. The molecule has 2 rings (SSSR count). The Labute approximate surface area is 148 Å². The smallest absolute Gasteiger partial charge is 0.241 e. The van der Waals surface area contributed by atoms with Crippen LogP contribution in [-0.2, 0) is 24.7 Å². The third kappa shape index (κ3) is 5.16. The highest BCUT2D eigenvalue weighted by Crippen LogP contribution is 2.15. The molecular formula is C15H23N3O5S2. The third-order valence-corrected chi connectivity index (χ3v) is 7.15. The van der Waals surface area contributed by atoms with E-state index in [1.54, 1.807) is 24.0 Å². The van der Waals surface area contributed by atoms with Crippen LogP contribution in [0.1, 0.15) is 6.92 Å². The van der Waals surface area contributed by atoms with Gasteiger partial charge in [-0.05, 0) is 24.3 Å². The Bertz CT molecular complexity index is 811. The first kappa shape index (κ1) is 19.7. The Morgan fingerprint density at radius 1 is 1.04 bits per heavy atom. The van der Waals surface area contributed by atoms with Gasteiger partial charge < -0.3 is 10.2 Å². The summed E-state index contributed by atoms with van der Waals surface area (Å²) in [5.74, 6) is -0.0871. The molecular weight excluding hydrogens is 366 g/mol. The lowest BCUT2D eigenvalue weighted by molar-refractivity contribution is -0.130. The number of hydrogen-bond acceptors (Lipinski definition) is 6. The maximum absolute atomic E-state index is 12.2. The van der Waals surface area contributed by atoms with E-state index >= 15 is 0 Å². The van der Waals surface area contributed by atoms with Crippen molar-refractivity contribution >= 4 is 31.5 Å². The number of sulfone groups is 1. The molecule has 0 radical (unpaired) electrons. The topological polar surface area (TPSA) is 104 Å². The summed E-state index contributed by atoms with van der Waals surface area (Å²) >= 11 is 0. The van der Waals surface area contributed by atoms with Gasteiger partial charge in [-0.3, -0.25) is 4.79 Å². The summed E-state index contributed by atoms with van der Waals surface area (Å²) in [4.78, 5) is 14.1. The van der Waals surface area contributed by atoms with Crippen LogP contribution >= 0.6 is 0 Å². The van der Waals surface area contributed by atoms with Gasteiger partial charge in [0.15, 0.2) is 9.84 Å². The zero-order chi connectivity index (χ0) is 18.7. The number of carbonyl (C=O) groups excluding carboxylic acids is 1. The Kier molecular flexibility index (Phi) is 6.07. The van der Waals surface area contributed by atoms with Crippen LogP contribution in [-0.4, -0.2) is 76.7 Å². The molecule has 1 aromatic carbocycles. The SMILES string of the molecule is CCS(=O)(=O)c1ccc(NCC(=O)N2CCN(S(C)(=O)=O)CC2)cc1. The summed E-state index contributed by atoms with van der Waals surface area (Å²) in [5, 5.41) is 2.96. The molecule has 0 bridgehead atoms. The van der Waals surface area contributed by atoms with Crippen LogP contribution in [0.25, 0.3) is 0 Å². The Morgan fingerprint density at radius 2 is 1.60 bits per heavy atom. The summed E-state index contributed by atoms with van der Waals surface area (Å²) in [6.07, 6.45) is 1.16. The average Bonchev–Trinajstić information content (AvgIpc) is 2.59. The number of rotatable bonds is 6. The van der Waals surface area contributed by atoms with Crippen molar-refractivity contribution < 1.29 is 21.6 Å². The number of benzene rings is 1. The Morgan fingerprint density at radius 3 is 2.08 bits per heavy atom. The van der Waals surface area contributed by atoms with E-state index in [1.807, 2.05) is 0 Å². The van der Waals surface area contributed by atoms with Crippen LogP contribution in [0.3, 0.4) is 0 Å². The fourth-order valence-electron chi connectivity index (χ4n) is 2.51. The summed E-state index contributed by atoms with van der Waals surface area (Å²) in [6.45, 7) is 2.98. The molecule has 0 atom stereocenters. The first-order valence-electron chi connectivity index (χ1n) is 7.93. The van der Waals surface area contributed by atoms with Crippen LogP contribution in [0.4, 0.5) is 5.69 Å². The quantitative estimate of drug-likeness (QED) is 0.734. The number of anilines is 1. The molecule has 0 aliphatic carbocycles. The Balaban J connectivity index is 1.87. The fourth-order valence-corrected chi connectivity index (χ4v) is 4.22. The minimum absolute atomic E-state index is 0.0394. The molecule has 1 N–H and O–H groups in total. The van der Waals surface area contributed by atoms with Crippen molar-refractivity contribution in [3.63, 3.8) is 0 Å². The van der Waals surface area contributed by atoms with Gasteiger partial charge in [0.05, 0.1) is 23.4 Å². The standard InChI is InChI=1S/C15H23N3O5S2/c1-3-25(22,23)14-6-4-13(5-7-14)16-12-15(19)17-8-10-18(11-9-17)24(2,20)21/h4-7,16H,3,8-12H2,1-2H3. The van der Waals surface area contributed by atoms with Gasteiger partial charge >= 0.3 is 0 Å². The largest absolute Gasteiger partial charge is 0.376 e. The maximum Gasteiger partial charge on any atom is 0.241 e. The third-order valence-electron chi connectivity index (χ3n) is 4.10. The van der Waals surface area contributed by atoms with E-state index in [1.165, 1.54) is 16.4 Å². The fraction of sp³-hybridized carbons (Fsp3) is 0.533. The van der Waals surface area contributed by atoms with E-state index in [0.717, 1.165) is 6.26 Å². The second-order valence-corrected chi connectivity index (χ2v) is 10.1. The van der Waals surface area contributed by atoms with Crippen LogP contribution < -0.4 is 5.32 Å². The minimum Gasteiger partial charge on any atom is -0.376 e. The first-order valence-corrected chi connectivity index (χ1v) is 11.4. The van der Waals surface area contributed by atoms with Gasteiger partial charge in [0, 0.05) is 31.9 Å². The van der Waals surface area contributed by atoms with Crippen molar-refractivity contribution in [2.75, 3.05) is 50.0 Å². The number of piperazine rings is 1. The van der Waals surface area contributed by atoms with Crippen molar-refractivity contribution in [2.24, 2.45) is 0 Å². The molecule has 1 heterocycles. The van der Waals surface area contributed by atoms with Crippen molar-refractivity contribution in [3.05, 3.63) is 24.3 Å². The molecule has 0 unspecified atom stereocenters. The second-order valence-electron chi connectivity index (χ2n) is 5.82. The summed E-state index contributed by atoms with van der Waals surface area (Å²) < 4.78 is 47.8. The summed E-state index contributed by atoms with van der Waals surface area (Å²) in [5.41, 5.74) is 0.651. The van der Waals surface area contributed by atoms with Gasteiger partial charge in [-0.15, -0.1) is 0 Å². The zero-order valence-corrected chi connectivity index (χ0v) is 15.9. The molecule has 1 saturated heterocycles. The predicted octanol–water partition coefficient (Wildman–Crippen LogP) is -0.00410. The van der Waals surface area contributed by atoms with Gasteiger partial charge in [0.1, 0.15) is 0 Å². The molecule has 0 saturated carbocycles. The van der Waals surface area contributed by atoms with Crippen molar-refractivity contribution in [3.8, 4) is 0 Å². The maximum atomic E-state index is 12.2. The van der Waals surface area contributed by atoms with Gasteiger partial charge in [0.2, 0.25) is 15.9 Å². The predicted molar refractivity (Wildman–Crippen MR) is 95.7 cm³/mol. The van der Waals surface area contributed by atoms with Gasteiger partial charge in [-0.1, -0.05) is 6.92 Å². The average molecular weight is 389 g/mol. The highest BCUT2D eigenvalue weighted by atomic mass is 32.2. The molecule has 8 nitrogen and oxygen atoms in total. The highest BCUT2D eigenvalue weighted by Gasteiger charge is 2.25. The molecule has 25 heavy (non-hydrogen) atoms. The van der Waals surface area contributed by atoms with Crippen LogP contribution in [0.5, 0.6) is 0 Å². The second kappa shape index (κ2) is 7.71. The normalized spacial score (nSPS) is 16.6. The lowest BCUT2D eigenvalue weighted by Crippen LogP contribution is -2.51. The molecule has 0 spiro atoms. The molecule has 1 aliphatic heterocycles. The molecule has 1 aromatic rings.